The molecule has 0 atom stereocenters. The van der Waals surface area contributed by atoms with Crippen LogP contribution in [0.1, 0.15) is 28.1 Å². The molecule has 1 fully saturated rings. The van der Waals surface area contributed by atoms with Crippen LogP contribution in [-0.4, -0.2) is 58.8 Å². The van der Waals surface area contributed by atoms with Crippen molar-refractivity contribution in [1.29, 1.82) is 0 Å². The molecule has 1 aliphatic rings. The number of ether oxygens (including phenoxy) is 1. The number of furan rings is 1. The number of hydrogen-bond acceptors (Lipinski definition) is 5. The van der Waals surface area contributed by atoms with Crippen LogP contribution < -0.4 is 4.74 Å². The first-order valence-corrected chi connectivity index (χ1v) is 9.91. The van der Waals surface area contributed by atoms with Gasteiger partial charge in [0.05, 0.1) is 19.9 Å². The summed E-state index contributed by atoms with van der Waals surface area (Å²) in [7, 11) is 1.70. The Hall–Kier alpha value is -3.06. The molecule has 3 heterocycles. The molecule has 0 unspecified atom stereocenters. The van der Waals surface area contributed by atoms with Crippen molar-refractivity contribution < 1.29 is 13.9 Å². The number of hydrogen-bond donors (Lipinski definition) is 0. The molecule has 0 aliphatic carbocycles. The Morgan fingerprint density at radius 3 is 2.83 bits per heavy atom. The number of methoxy groups -OCH3 is 1. The Morgan fingerprint density at radius 1 is 1.14 bits per heavy atom. The first-order valence-electron chi connectivity index (χ1n) is 9.91. The molecule has 1 saturated heterocycles. The fourth-order valence-corrected chi connectivity index (χ4v) is 3.77. The fraction of sp³-hybridized carbons (Fsp3) is 0.364. The molecule has 2 aromatic heterocycles. The molecule has 0 N–H and O–H groups in total. The number of nitrogens with zero attached hydrogens (tertiary/aromatic N) is 4. The second kappa shape index (κ2) is 8.96. The lowest BCUT2D eigenvalue weighted by Gasteiger charge is -2.22. The first kappa shape index (κ1) is 19.3. The standard InChI is InChI=1S/C22H26N4O3/c1-28-20-7-6-18(15-19(20)17-26-11-3-8-23-26)16-24-9-4-10-25(13-12-24)22(27)21-5-2-14-29-21/h2-3,5-8,11,14-15H,4,9-10,12-13,16-17H2,1H3. The van der Waals surface area contributed by atoms with Gasteiger partial charge in [0.2, 0.25) is 0 Å². The minimum absolute atomic E-state index is 0.0252. The van der Waals surface area contributed by atoms with Gasteiger partial charge in [-0.1, -0.05) is 6.07 Å². The van der Waals surface area contributed by atoms with E-state index in [1.54, 1.807) is 31.7 Å². The maximum atomic E-state index is 12.5. The maximum Gasteiger partial charge on any atom is 0.289 e. The zero-order valence-electron chi connectivity index (χ0n) is 16.7. The van der Waals surface area contributed by atoms with Crippen molar-refractivity contribution in [3.8, 4) is 5.75 Å². The summed E-state index contributed by atoms with van der Waals surface area (Å²) in [5.74, 6) is 1.26. The van der Waals surface area contributed by atoms with Crippen LogP contribution in [0.2, 0.25) is 0 Å². The molecule has 152 valence electrons. The molecule has 7 nitrogen and oxygen atoms in total. The van der Waals surface area contributed by atoms with E-state index in [-0.39, 0.29) is 5.91 Å². The summed E-state index contributed by atoms with van der Waals surface area (Å²) in [6, 6.07) is 11.7. The van der Waals surface area contributed by atoms with Crippen molar-refractivity contribution in [3.05, 3.63) is 71.9 Å². The lowest BCUT2D eigenvalue weighted by atomic mass is 10.1. The number of carbonyl (C=O) groups excluding carboxylic acids is 1. The van der Waals surface area contributed by atoms with Gasteiger partial charge in [0.1, 0.15) is 5.75 Å². The van der Waals surface area contributed by atoms with E-state index in [4.69, 9.17) is 9.15 Å². The average Bonchev–Trinajstić information content (AvgIpc) is 3.40. The number of amides is 1. The van der Waals surface area contributed by atoms with Gasteiger partial charge >= 0.3 is 0 Å². The molecule has 4 rings (SSSR count). The highest BCUT2D eigenvalue weighted by Crippen LogP contribution is 2.22. The molecule has 0 saturated carbocycles. The third kappa shape index (κ3) is 4.68. The summed E-state index contributed by atoms with van der Waals surface area (Å²) in [5.41, 5.74) is 2.34. The monoisotopic (exact) mass is 394 g/mol. The molecule has 0 spiro atoms. The summed E-state index contributed by atoms with van der Waals surface area (Å²) < 4.78 is 12.7. The largest absolute Gasteiger partial charge is 0.496 e. The number of rotatable bonds is 6. The third-order valence-electron chi connectivity index (χ3n) is 5.25. The predicted octanol–water partition coefficient (Wildman–Crippen LogP) is 2.88. The van der Waals surface area contributed by atoms with Crippen molar-refractivity contribution in [2.24, 2.45) is 0 Å². The van der Waals surface area contributed by atoms with Crippen LogP contribution in [0.5, 0.6) is 5.75 Å². The highest BCUT2D eigenvalue weighted by atomic mass is 16.5. The summed E-state index contributed by atoms with van der Waals surface area (Å²) in [6.45, 7) is 4.78. The molecule has 1 aliphatic heterocycles. The van der Waals surface area contributed by atoms with Gasteiger partial charge in [-0.25, -0.2) is 0 Å². The molecule has 1 amide bonds. The zero-order chi connectivity index (χ0) is 20.1. The summed E-state index contributed by atoms with van der Waals surface area (Å²) in [4.78, 5) is 16.8. The molecule has 0 bridgehead atoms. The van der Waals surface area contributed by atoms with E-state index < -0.39 is 0 Å². The van der Waals surface area contributed by atoms with Gasteiger partial charge < -0.3 is 14.1 Å². The van der Waals surface area contributed by atoms with Crippen LogP contribution in [0.15, 0.2) is 59.5 Å². The van der Waals surface area contributed by atoms with E-state index in [1.807, 2.05) is 27.9 Å². The zero-order valence-corrected chi connectivity index (χ0v) is 16.7. The van der Waals surface area contributed by atoms with Crippen LogP contribution in [0, 0.1) is 0 Å². The first-order chi connectivity index (χ1) is 14.2. The minimum Gasteiger partial charge on any atom is -0.496 e. The Kier molecular flexibility index (Phi) is 5.95. The molecular weight excluding hydrogens is 368 g/mol. The molecule has 7 heteroatoms. The van der Waals surface area contributed by atoms with Crippen molar-refractivity contribution >= 4 is 5.91 Å². The Morgan fingerprint density at radius 2 is 2.07 bits per heavy atom. The third-order valence-corrected chi connectivity index (χ3v) is 5.25. The molecule has 29 heavy (non-hydrogen) atoms. The highest BCUT2D eigenvalue weighted by molar-refractivity contribution is 5.91. The van der Waals surface area contributed by atoms with E-state index in [1.165, 1.54) is 5.56 Å². The normalized spacial score (nSPS) is 15.3. The number of carbonyl (C=O) groups is 1. The number of aromatic nitrogens is 2. The summed E-state index contributed by atoms with van der Waals surface area (Å²) in [5, 5.41) is 4.30. The highest BCUT2D eigenvalue weighted by Gasteiger charge is 2.22. The van der Waals surface area contributed by atoms with Gasteiger partial charge in [-0.05, 0) is 42.3 Å². The quantitative estimate of drug-likeness (QED) is 0.643. The van der Waals surface area contributed by atoms with Gasteiger partial charge in [0, 0.05) is 50.7 Å². The summed E-state index contributed by atoms with van der Waals surface area (Å²) >= 11 is 0. The predicted molar refractivity (Wildman–Crippen MR) is 109 cm³/mol. The van der Waals surface area contributed by atoms with Crippen LogP contribution in [0.3, 0.4) is 0 Å². The lowest BCUT2D eigenvalue weighted by molar-refractivity contribution is 0.0729. The van der Waals surface area contributed by atoms with Gasteiger partial charge in [-0.15, -0.1) is 0 Å². The topological polar surface area (TPSA) is 63.7 Å². The molecule has 3 aromatic rings. The van der Waals surface area contributed by atoms with Gasteiger partial charge in [0.25, 0.3) is 5.91 Å². The molecule has 0 radical (unpaired) electrons. The van der Waals surface area contributed by atoms with Crippen molar-refractivity contribution in [2.75, 3.05) is 33.3 Å². The van der Waals surface area contributed by atoms with Gasteiger partial charge in [-0.3, -0.25) is 14.4 Å². The minimum atomic E-state index is -0.0252. The van der Waals surface area contributed by atoms with Crippen LogP contribution >= 0.6 is 0 Å². The van der Waals surface area contributed by atoms with Crippen molar-refractivity contribution in [1.82, 2.24) is 19.6 Å². The van der Waals surface area contributed by atoms with Crippen LogP contribution in [0.25, 0.3) is 0 Å². The second-order valence-electron chi connectivity index (χ2n) is 7.25. The number of benzene rings is 1. The Bertz CT molecular complexity index is 922. The van der Waals surface area contributed by atoms with Crippen LogP contribution in [0.4, 0.5) is 0 Å². The summed E-state index contributed by atoms with van der Waals surface area (Å²) in [6.07, 6.45) is 6.22. The van der Waals surface area contributed by atoms with Crippen molar-refractivity contribution in [3.63, 3.8) is 0 Å². The van der Waals surface area contributed by atoms with E-state index in [9.17, 15) is 4.79 Å². The second-order valence-corrected chi connectivity index (χ2v) is 7.25. The van der Waals surface area contributed by atoms with E-state index >= 15 is 0 Å². The Labute approximate surface area is 170 Å². The maximum absolute atomic E-state index is 12.5. The SMILES string of the molecule is COc1ccc(CN2CCCN(C(=O)c3ccco3)CC2)cc1Cn1cccn1. The van der Waals surface area contributed by atoms with E-state index in [2.05, 4.69) is 22.1 Å². The molecular formula is C22H26N4O3. The van der Waals surface area contributed by atoms with Crippen LogP contribution in [-0.2, 0) is 13.1 Å². The smallest absolute Gasteiger partial charge is 0.289 e. The van der Waals surface area contributed by atoms with Gasteiger partial charge in [-0.2, -0.15) is 5.10 Å². The average molecular weight is 394 g/mol. The van der Waals surface area contributed by atoms with Gasteiger partial charge in [0.15, 0.2) is 5.76 Å². The Balaban J connectivity index is 1.40. The fourth-order valence-electron chi connectivity index (χ4n) is 3.77. The lowest BCUT2D eigenvalue weighted by Crippen LogP contribution is -2.34. The van der Waals surface area contributed by atoms with E-state index in [0.717, 1.165) is 43.9 Å². The molecule has 1 aromatic carbocycles. The van der Waals surface area contributed by atoms with E-state index in [0.29, 0.717) is 18.8 Å². The van der Waals surface area contributed by atoms with Crippen molar-refractivity contribution in [2.45, 2.75) is 19.5 Å².